The minimum atomic E-state index is -0.775. The summed E-state index contributed by atoms with van der Waals surface area (Å²) in [5.41, 5.74) is 7.18. The number of pyridine rings is 1. The summed E-state index contributed by atoms with van der Waals surface area (Å²) < 4.78 is 5.33. The van der Waals surface area contributed by atoms with Crippen molar-refractivity contribution in [2.75, 3.05) is 49.6 Å². The highest BCUT2D eigenvalue weighted by Crippen LogP contribution is 2.23. The summed E-state index contributed by atoms with van der Waals surface area (Å²) in [7, 11) is 0. The smallest absolute Gasteiger partial charge is 0.273 e. The first-order valence-corrected chi connectivity index (χ1v) is 14.1. The number of benzene rings is 2. The largest absolute Gasteiger partial charge is 0.378 e. The molecule has 43 heavy (non-hydrogen) atoms. The third kappa shape index (κ3) is 6.36. The van der Waals surface area contributed by atoms with Crippen molar-refractivity contribution in [2.24, 2.45) is 5.73 Å². The second kappa shape index (κ2) is 12.4. The number of nitrogens with one attached hydrogen (secondary N) is 2. The molecule has 1 atom stereocenters. The van der Waals surface area contributed by atoms with Crippen molar-refractivity contribution in [3.8, 4) is 0 Å². The van der Waals surface area contributed by atoms with Crippen molar-refractivity contribution in [3.63, 3.8) is 0 Å². The summed E-state index contributed by atoms with van der Waals surface area (Å²) in [5.74, 6) is -0.539. The molecular formula is C30H31N9O4. The molecule has 2 fully saturated rings. The number of nitrogens with two attached hydrogens (primary N) is 1. The fourth-order valence-electron chi connectivity index (χ4n) is 5.26. The molecule has 4 heterocycles. The van der Waals surface area contributed by atoms with Crippen molar-refractivity contribution >= 4 is 45.9 Å². The molecule has 2 aromatic heterocycles. The molecular weight excluding hydrogens is 550 g/mol. The summed E-state index contributed by atoms with van der Waals surface area (Å²) in [6.07, 6.45) is 5.07. The number of morpholine rings is 1. The highest BCUT2D eigenvalue weighted by atomic mass is 16.5. The molecule has 2 saturated heterocycles. The van der Waals surface area contributed by atoms with Crippen LogP contribution < -0.4 is 21.3 Å². The van der Waals surface area contributed by atoms with E-state index in [4.69, 9.17) is 10.5 Å². The minimum Gasteiger partial charge on any atom is -0.378 e. The van der Waals surface area contributed by atoms with Crippen molar-refractivity contribution in [2.45, 2.75) is 18.9 Å². The van der Waals surface area contributed by atoms with E-state index in [9.17, 15) is 14.4 Å². The number of ether oxygens (including phenoxy) is 1. The van der Waals surface area contributed by atoms with Gasteiger partial charge >= 0.3 is 0 Å². The number of nitrogens with zero attached hydrogens (tertiary/aromatic N) is 6. The highest BCUT2D eigenvalue weighted by molar-refractivity contribution is 5.99. The Hall–Kier alpha value is -5.17. The number of primary amides is 1. The second-order valence-electron chi connectivity index (χ2n) is 10.5. The molecule has 0 aliphatic carbocycles. The van der Waals surface area contributed by atoms with E-state index in [2.05, 4.69) is 30.8 Å². The molecule has 4 N–H and O–H groups in total. The van der Waals surface area contributed by atoms with Gasteiger partial charge in [0.25, 0.3) is 17.7 Å². The summed E-state index contributed by atoms with van der Waals surface area (Å²) in [4.78, 5) is 50.3. The molecule has 3 amide bonds. The van der Waals surface area contributed by atoms with Gasteiger partial charge in [0.15, 0.2) is 11.5 Å². The van der Waals surface area contributed by atoms with Crippen LogP contribution in [0.4, 0.5) is 17.5 Å². The highest BCUT2D eigenvalue weighted by Gasteiger charge is 2.26. The predicted octanol–water partition coefficient (Wildman–Crippen LogP) is 2.13. The van der Waals surface area contributed by atoms with Crippen LogP contribution in [-0.2, 0) is 4.74 Å². The Morgan fingerprint density at radius 2 is 1.72 bits per heavy atom. The summed E-state index contributed by atoms with van der Waals surface area (Å²) in [6, 6.07) is 14.2. The van der Waals surface area contributed by atoms with Crippen LogP contribution in [0.25, 0.3) is 10.8 Å². The molecule has 13 heteroatoms. The van der Waals surface area contributed by atoms with E-state index in [0.717, 1.165) is 23.6 Å². The Morgan fingerprint density at radius 1 is 0.930 bits per heavy atom. The molecule has 6 rings (SSSR count). The fraction of sp³-hybridized carbons (Fsp3) is 0.300. The number of fused-ring (bicyclic) bond motifs is 1. The maximum atomic E-state index is 13.1. The van der Waals surface area contributed by atoms with Crippen molar-refractivity contribution in [1.29, 1.82) is 0 Å². The van der Waals surface area contributed by atoms with E-state index in [1.165, 1.54) is 0 Å². The average Bonchev–Trinajstić information content (AvgIpc) is 3.05. The first-order valence-electron chi connectivity index (χ1n) is 14.1. The first kappa shape index (κ1) is 28.0. The maximum absolute atomic E-state index is 13.1. The van der Waals surface area contributed by atoms with Crippen LogP contribution in [0.3, 0.4) is 0 Å². The van der Waals surface area contributed by atoms with Crippen LogP contribution in [0, 0.1) is 0 Å². The third-order valence-electron chi connectivity index (χ3n) is 7.54. The molecule has 0 unspecified atom stereocenters. The Bertz CT molecular complexity index is 1660. The average molecular weight is 582 g/mol. The lowest BCUT2D eigenvalue weighted by atomic mass is 10.0. The molecule has 4 aromatic rings. The minimum absolute atomic E-state index is 0.0664. The number of amides is 3. The number of aromatic nitrogens is 4. The van der Waals surface area contributed by atoms with E-state index >= 15 is 0 Å². The number of hydrogen-bond acceptors (Lipinski definition) is 10. The Labute approximate surface area is 247 Å². The number of rotatable bonds is 7. The SMILES string of the molecule is NC(=O)c1nnc(N2CCC[C@@H](NC(=O)c3ccc4cnccc4c3)C2)nc1Nc1ccc(C(=O)N2CCOCC2)cc1. The summed E-state index contributed by atoms with van der Waals surface area (Å²) in [5, 5.41) is 16.4. The predicted molar refractivity (Wildman–Crippen MR) is 159 cm³/mol. The lowest BCUT2D eigenvalue weighted by Gasteiger charge is -2.33. The Balaban J connectivity index is 1.14. The van der Waals surface area contributed by atoms with Gasteiger partial charge in [-0.2, -0.15) is 4.98 Å². The maximum Gasteiger partial charge on any atom is 0.273 e. The van der Waals surface area contributed by atoms with Gasteiger partial charge in [0, 0.05) is 66.8 Å². The zero-order chi connectivity index (χ0) is 29.8. The van der Waals surface area contributed by atoms with E-state index in [-0.39, 0.29) is 29.4 Å². The Kier molecular flexibility index (Phi) is 8.05. The molecule has 220 valence electrons. The molecule has 0 spiro atoms. The second-order valence-corrected chi connectivity index (χ2v) is 10.5. The molecule has 0 bridgehead atoms. The standard InChI is InChI=1S/C30H31N9O4/c31-26(40)25-27(33-23-7-5-19(6-8-23)29(42)38-12-14-43-15-13-38)35-30(37-36-25)39-11-1-2-24(18-39)34-28(41)21-3-4-22-17-32-10-9-20(22)16-21/h3-10,16-17,24H,1-2,11-15,18H2,(H2,31,40)(H,34,41)(H,33,35,37)/t24-/m1/s1. The lowest BCUT2D eigenvalue weighted by Crippen LogP contribution is -2.48. The van der Waals surface area contributed by atoms with E-state index < -0.39 is 5.91 Å². The summed E-state index contributed by atoms with van der Waals surface area (Å²) in [6.45, 7) is 3.29. The topological polar surface area (TPSA) is 169 Å². The van der Waals surface area contributed by atoms with Crippen LogP contribution in [0.5, 0.6) is 0 Å². The van der Waals surface area contributed by atoms with Crippen LogP contribution >= 0.6 is 0 Å². The Morgan fingerprint density at radius 3 is 2.51 bits per heavy atom. The summed E-state index contributed by atoms with van der Waals surface area (Å²) >= 11 is 0. The van der Waals surface area contributed by atoms with Gasteiger partial charge in [0.2, 0.25) is 5.95 Å². The molecule has 0 radical (unpaired) electrons. The number of carbonyl (C=O) groups is 3. The van der Waals surface area contributed by atoms with Crippen LogP contribution in [0.2, 0.25) is 0 Å². The van der Waals surface area contributed by atoms with Crippen LogP contribution in [0.1, 0.15) is 44.0 Å². The quantitative estimate of drug-likeness (QED) is 0.294. The fourth-order valence-corrected chi connectivity index (χ4v) is 5.26. The van der Waals surface area contributed by atoms with Gasteiger partial charge in [-0.15, -0.1) is 10.2 Å². The number of carbonyl (C=O) groups excluding carboxylic acids is 3. The van der Waals surface area contributed by atoms with E-state index in [1.807, 2.05) is 23.1 Å². The number of hydrogen-bond donors (Lipinski definition) is 3. The van der Waals surface area contributed by atoms with Gasteiger partial charge in [-0.3, -0.25) is 19.4 Å². The van der Waals surface area contributed by atoms with E-state index in [0.29, 0.717) is 62.2 Å². The van der Waals surface area contributed by atoms with Crippen LogP contribution in [-0.4, -0.2) is 88.2 Å². The van der Waals surface area contributed by atoms with Gasteiger partial charge in [-0.25, -0.2) is 0 Å². The number of piperidine rings is 1. The van der Waals surface area contributed by atoms with E-state index in [1.54, 1.807) is 47.6 Å². The van der Waals surface area contributed by atoms with Crippen LogP contribution in [0.15, 0.2) is 60.9 Å². The van der Waals surface area contributed by atoms with Gasteiger partial charge < -0.3 is 30.9 Å². The van der Waals surface area contributed by atoms with Gasteiger partial charge in [-0.1, -0.05) is 6.07 Å². The zero-order valence-corrected chi connectivity index (χ0v) is 23.4. The molecule has 13 nitrogen and oxygen atoms in total. The lowest BCUT2D eigenvalue weighted by molar-refractivity contribution is 0.0303. The van der Waals surface area contributed by atoms with Gasteiger partial charge in [0.1, 0.15) is 0 Å². The first-order chi connectivity index (χ1) is 20.9. The van der Waals surface area contributed by atoms with Crippen molar-refractivity contribution in [3.05, 3.63) is 77.7 Å². The monoisotopic (exact) mass is 581 g/mol. The molecule has 0 saturated carbocycles. The zero-order valence-electron chi connectivity index (χ0n) is 23.4. The molecule has 2 aliphatic heterocycles. The van der Waals surface area contributed by atoms with Crippen molar-refractivity contribution in [1.82, 2.24) is 30.4 Å². The normalized spacial score (nSPS) is 17.0. The van der Waals surface area contributed by atoms with Crippen molar-refractivity contribution < 1.29 is 19.1 Å². The third-order valence-corrected chi connectivity index (χ3v) is 7.54. The van der Waals surface area contributed by atoms with Gasteiger partial charge in [0.05, 0.1) is 13.2 Å². The van der Waals surface area contributed by atoms with Gasteiger partial charge in [-0.05, 0) is 60.7 Å². The molecule has 2 aliphatic rings. The molecule has 2 aromatic carbocycles. The number of anilines is 3.